The first kappa shape index (κ1) is 12.6. The van der Waals surface area contributed by atoms with Crippen molar-refractivity contribution in [3.8, 4) is 0 Å². The van der Waals surface area contributed by atoms with Crippen molar-refractivity contribution in [2.45, 2.75) is 25.7 Å². The molecule has 4 heteroatoms. The van der Waals surface area contributed by atoms with Gasteiger partial charge in [-0.3, -0.25) is 4.79 Å². The van der Waals surface area contributed by atoms with E-state index in [1.807, 2.05) is 0 Å². The van der Waals surface area contributed by atoms with Crippen molar-refractivity contribution in [1.82, 2.24) is 5.32 Å². The SMILES string of the molecule is O=C(O)c1cccc(C(=O)NCC2CCCC2)c1. The molecule has 1 fully saturated rings. The van der Waals surface area contributed by atoms with Crippen LogP contribution in [0, 0.1) is 5.92 Å². The Labute approximate surface area is 106 Å². The van der Waals surface area contributed by atoms with Crippen molar-refractivity contribution in [3.63, 3.8) is 0 Å². The molecule has 2 N–H and O–H groups in total. The van der Waals surface area contributed by atoms with E-state index in [-0.39, 0.29) is 11.5 Å². The largest absolute Gasteiger partial charge is 0.478 e. The number of hydrogen-bond acceptors (Lipinski definition) is 2. The van der Waals surface area contributed by atoms with Gasteiger partial charge in [0, 0.05) is 12.1 Å². The van der Waals surface area contributed by atoms with Crippen molar-refractivity contribution in [2.24, 2.45) is 5.92 Å². The summed E-state index contributed by atoms with van der Waals surface area (Å²) in [5.41, 5.74) is 0.552. The van der Waals surface area contributed by atoms with E-state index >= 15 is 0 Å². The molecule has 0 bridgehead atoms. The fourth-order valence-corrected chi connectivity index (χ4v) is 2.35. The first-order valence-electron chi connectivity index (χ1n) is 6.28. The van der Waals surface area contributed by atoms with Crippen LogP contribution in [-0.4, -0.2) is 23.5 Å². The van der Waals surface area contributed by atoms with E-state index in [0.29, 0.717) is 18.0 Å². The molecule has 2 rings (SSSR count). The lowest BCUT2D eigenvalue weighted by Gasteiger charge is -2.10. The van der Waals surface area contributed by atoms with E-state index in [2.05, 4.69) is 5.32 Å². The number of carbonyl (C=O) groups is 2. The zero-order valence-electron chi connectivity index (χ0n) is 10.2. The Kier molecular flexibility index (Phi) is 3.97. The van der Waals surface area contributed by atoms with E-state index in [4.69, 9.17) is 5.11 Å². The predicted octanol–water partition coefficient (Wildman–Crippen LogP) is 2.30. The van der Waals surface area contributed by atoms with Gasteiger partial charge in [0.05, 0.1) is 5.56 Å². The molecule has 1 aliphatic rings. The fraction of sp³-hybridized carbons (Fsp3) is 0.429. The molecular weight excluding hydrogens is 230 g/mol. The third-order valence-corrected chi connectivity index (χ3v) is 3.40. The summed E-state index contributed by atoms with van der Waals surface area (Å²) in [6.07, 6.45) is 4.84. The van der Waals surface area contributed by atoms with E-state index in [0.717, 1.165) is 0 Å². The number of carboxylic acid groups (broad SMARTS) is 1. The van der Waals surface area contributed by atoms with E-state index in [9.17, 15) is 9.59 Å². The number of hydrogen-bond donors (Lipinski definition) is 2. The molecule has 0 unspecified atom stereocenters. The van der Waals surface area contributed by atoms with Gasteiger partial charge in [-0.1, -0.05) is 18.9 Å². The van der Waals surface area contributed by atoms with Gasteiger partial charge in [-0.05, 0) is 37.0 Å². The Balaban J connectivity index is 1.95. The predicted molar refractivity (Wildman–Crippen MR) is 67.7 cm³/mol. The number of amides is 1. The van der Waals surface area contributed by atoms with Crippen molar-refractivity contribution in [1.29, 1.82) is 0 Å². The summed E-state index contributed by atoms with van der Waals surface area (Å²) in [7, 11) is 0. The minimum absolute atomic E-state index is 0.142. The minimum Gasteiger partial charge on any atom is -0.478 e. The van der Waals surface area contributed by atoms with Crippen LogP contribution in [0.3, 0.4) is 0 Å². The second-order valence-electron chi connectivity index (χ2n) is 4.75. The van der Waals surface area contributed by atoms with Gasteiger partial charge >= 0.3 is 5.97 Å². The van der Waals surface area contributed by atoms with Crippen LogP contribution < -0.4 is 5.32 Å². The summed E-state index contributed by atoms with van der Waals surface area (Å²) in [5, 5.41) is 11.7. The molecule has 0 saturated heterocycles. The van der Waals surface area contributed by atoms with Crippen molar-refractivity contribution < 1.29 is 14.7 Å². The normalized spacial score (nSPS) is 15.6. The molecule has 4 nitrogen and oxygen atoms in total. The van der Waals surface area contributed by atoms with Crippen LogP contribution in [0.15, 0.2) is 24.3 Å². The van der Waals surface area contributed by atoms with Crippen LogP contribution in [-0.2, 0) is 0 Å². The molecule has 0 aromatic heterocycles. The zero-order valence-corrected chi connectivity index (χ0v) is 10.2. The van der Waals surface area contributed by atoms with Crippen molar-refractivity contribution >= 4 is 11.9 Å². The molecule has 0 radical (unpaired) electrons. The zero-order chi connectivity index (χ0) is 13.0. The molecule has 96 valence electrons. The molecule has 0 atom stereocenters. The molecule has 1 aromatic carbocycles. The standard InChI is InChI=1S/C14H17NO3/c16-13(15-9-10-4-1-2-5-10)11-6-3-7-12(8-11)14(17)18/h3,6-8,10H,1-2,4-5,9H2,(H,15,16)(H,17,18). The Bertz CT molecular complexity index is 450. The number of benzene rings is 1. The Hall–Kier alpha value is -1.84. The molecule has 1 aliphatic carbocycles. The fourth-order valence-electron chi connectivity index (χ4n) is 2.35. The lowest BCUT2D eigenvalue weighted by atomic mass is 10.1. The van der Waals surface area contributed by atoms with Crippen LogP contribution in [0.1, 0.15) is 46.4 Å². The molecular formula is C14H17NO3. The molecule has 1 aromatic rings. The van der Waals surface area contributed by atoms with Crippen molar-refractivity contribution in [2.75, 3.05) is 6.54 Å². The van der Waals surface area contributed by atoms with Gasteiger partial charge in [0.15, 0.2) is 0 Å². The van der Waals surface area contributed by atoms with E-state index < -0.39 is 5.97 Å². The van der Waals surface area contributed by atoms with Crippen LogP contribution in [0.2, 0.25) is 0 Å². The highest BCUT2D eigenvalue weighted by atomic mass is 16.4. The minimum atomic E-state index is -1.01. The molecule has 0 spiro atoms. The van der Waals surface area contributed by atoms with Gasteiger partial charge < -0.3 is 10.4 Å². The maximum atomic E-state index is 11.9. The maximum absolute atomic E-state index is 11.9. The molecule has 1 amide bonds. The van der Waals surface area contributed by atoms with Crippen LogP contribution in [0.5, 0.6) is 0 Å². The summed E-state index contributed by atoms with van der Waals surface area (Å²) in [6, 6.07) is 6.12. The van der Waals surface area contributed by atoms with Crippen molar-refractivity contribution in [3.05, 3.63) is 35.4 Å². The monoisotopic (exact) mass is 247 g/mol. The summed E-state index contributed by atoms with van der Waals surface area (Å²) in [5.74, 6) is -0.623. The molecule has 0 aliphatic heterocycles. The van der Waals surface area contributed by atoms with Gasteiger partial charge in [-0.15, -0.1) is 0 Å². The van der Waals surface area contributed by atoms with Gasteiger partial charge in [0.1, 0.15) is 0 Å². The highest BCUT2D eigenvalue weighted by molar-refractivity contribution is 5.97. The number of aromatic carboxylic acids is 1. The first-order chi connectivity index (χ1) is 8.66. The summed E-state index contributed by atoms with van der Waals surface area (Å²) in [6.45, 7) is 0.691. The highest BCUT2D eigenvalue weighted by Gasteiger charge is 2.16. The number of nitrogens with one attached hydrogen (secondary N) is 1. The summed E-state index contributed by atoms with van der Waals surface area (Å²) < 4.78 is 0. The number of carboxylic acids is 1. The molecule has 0 heterocycles. The van der Waals surface area contributed by atoms with E-state index in [1.54, 1.807) is 12.1 Å². The average molecular weight is 247 g/mol. The second kappa shape index (κ2) is 5.67. The lowest BCUT2D eigenvalue weighted by molar-refractivity contribution is 0.0697. The average Bonchev–Trinajstić information content (AvgIpc) is 2.89. The van der Waals surface area contributed by atoms with Gasteiger partial charge in [0.25, 0.3) is 5.91 Å². The first-order valence-corrected chi connectivity index (χ1v) is 6.28. The maximum Gasteiger partial charge on any atom is 0.335 e. The Morgan fingerprint density at radius 3 is 2.56 bits per heavy atom. The third-order valence-electron chi connectivity index (χ3n) is 3.40. The lowest BCUT2D eigenvalue weighted by Crippen LogP contribution is -2.28. The van der Waals surface area contributed by atoms with Gasteiger partial charge in [-0.25, -0.2) is 4.79 Å². The topological polar surface area (TPSA) is 66.4 Å². The van der Waals surface area contributed by atoms with Gasteiger partial charge in [0.2, 0.25) is 0 Å². The highest BCUT2D eigenvalue weighted by Crippen LogP contribution is 2.23. The molecule has 18 heavy (non-hydrogen) atoms. The molecule has 1 saturated carbocycles. The van der Waals surface area contributed by atoms with Gasteiger partial charge in [-0.2, -0.15) is 0 Å². The third kappa shape index (κ3) is 3.09. The van der Waals surface area contributed by atoms with Crippen LogP contribution in [0.4, 0.5) is 0 Å². The smallest absolute Gasteiger partial charge is 0.335 e. The number of rotatable bonds is 4. The Morgan fingerprint density at radius 2 is 1.89 bits per heavy atom. The quantitative estimate of drug-likeness (QED) is 0.858. The number of carbonyl (C=O) groups excluding carboxylic acids is 1. The van der Waals surface area contributed by atoms with E-state index in [1.165, 1.54) is 37.8 Å². The van der Waals surface area contributed by atoms with Crippen LogP contribution in [0.25, 0.3) is 0 Å². The Morgan fingerprint density at radius 1 is 1.22 bits per heavy atom. The van der Waals surface area contributed by atoms with Crippen LogP contribution >= 0.6 is 0 Å². The summed E-state index contributed by atoms with van der Waals surface area (Å²) in [4.78, 5) is 22.7. The second-order valence-corrected chi connectivity index (χ2v) is 4.75. The summed E-state index contributed by atoms with van der Waals surface area (Å²) >= 11 is 0.